The van der Waals surface area contributed by atoms with Crippen LogP contribution in [0.2, 0.25) is 0 Å². The minimum absolute atomic E-state index is 0.0176. The molecule has 0 amide bonds. The maximum atomic E-state index is 10.8. The number of aromatic nitrogens is 2. The Labute approximate surface area is 82.3 Å². The quantitative estimate of drug-likeness (QED) is 0.812. The molecular formula is C7H7N3OS2. The van der Waals surface area contributed by atoms with Crippen LogP contribution in [0.5, 0.6) is 0 Å². The highest BCUT2D eigenvalue weighted by Gasteiger charge is 1.97. The summed E-state index contributed by atoms with van der Waals surface area (Å²) in [7, 11) is 0. The first-order chi connectivity index (χ1) is 6.34. The molecule has 0 bridgehead atoms. The van der Waals surface area contributed by atoms with Gasteiger partial charge in [0.2, 0.25) is 0 Å². The smallest absolute Gasteiger partial charge is 0.304 e. The van der Waals surface area contributed by atoms with Gasteiger partial charge < -0.3 is 10.3 Å². The predicted molar refractivity (Wildman–Crippen MR) is 54.4 cm³/mol. The highest BCUT2D eigenvalue weighted by Crippen LogP contribution is 2.11. The van der Waals surface area contributed by atoms with Crippen molar-refractivity contribution in [3.8, 4) is 0 Å². The van der Waals surface area contributed by atoms with Crippen LogP contribution in [0.15, 0.2) is 21.8 Å². The van der Waals surface area contributed by atoms with Gasteiger partial charge in [0.25, 0.3) is 0 Å². The van der Waals surface area contributed by atoms with Crippen molar-refractivity contribution in [2.24, 2.45) is 0 Å². The van der Waals surface area contributed by atoms with Crippen molar-refractivity contribution in [2.45, 2.75) is 6.54 Å². The lowest BCUT2D eigenvalue weighted by Gasteiger charge is -1.97. The van der Waals surface area contributed by atoms with Gasteiger partial charge in [-0.25, -0.2) is 4.98 Å². The molecule has 2 aromatic rings. The summed E-state index contributed by atoms with van der Waals surface area (Å²) < 4.78 is 0. The largest absolute Gasteiger partial charge is 0.356 e. The van der Waals surface area contributed by atoms with Crippen LogP contribution >= 0.6 is 22.7 Å². The Kier molecular flexibility index (Phi) is 2.42. The Morgan fingerprint density at radius 3 is 3.08 bits per heavy atom. The van der Waals surface area contributed by atoms with Crippen molar-refractivity contribution >= 4 is 27.8 Å². The van der Waals surface area contributed by atoms with Gasteiger partial charge >= 0.3 is 4.87 Å². The third-order valence-corrected chi connectivity index (χ3v) is 2.88. The molecule has 0 aliphatic carbocycles. The van der Waals surface area contributed by atoms with Crippen molar-refractivity contribution < 1.29 is 0 Å². The van der Waals surface area contributed by atoms with E-state index >= 15 is 0 Å². The number of hydrogen-bond acceptors (Lipinski definition) is 5. The Hall–Kier alpha value is -1.14. The van der Waals surface area contributed by atoms with Crippen molar-refractivity contribution in [1.82, 2.24) is 9.97 Å². The molecule has 0 aliphatic heterocycles. The summed E-state index contributed by atoms with van der Waals surface area (Å²) in [6.45, 7) is 0.617. The molecule has 0 atom stereocenters. The molecule has 0 saturated heterocycles. The van der Waals surface area contributed by atoms with Crippen LogP contribution in [0.1, 0.15) is 5.69 Å². The summed E-state index contributed by atoms with van der Waals surface area (Å²) in [4.78, 5) is 17.5. The standard InChI is InChI=1S/C7H7N3OS2/c11-7-10-5(4-13-7)3-9-6-8-1-2-12-6/h1-2,4H,3H2,(H,8,9)(H,10,11). The zero-order chi connectivity index (χ0) is 9.10. The molecule has 13 heavy (non-hydrogen) atoms. The minimum Gasteiger partial charge on any atom is -0.356 e. The minimum atomic E-state index is -0.0176. The molecule has 6 heteroatoms. The maximum absolute atomic E-state index is 10.8. The average molecular weight is 213 g/mol. The number of H-pyrrole nitrogens is 1. The summed E-state index contributed by atoms with van der Waals surface area (Å²) >= 11 is 2.71. The molecule has 2 heterocycles. The first-order valence-corrected chi connectivity index (χ1v) is 5.40. The average Bonchev–Trinajstić information content (AvgIpc) is 2.71. The van der Waals surface area contributed by atoms with Crippen molar-refractivity contribution in [2.75, 3.05) is 5.32 Å². The second-order valence-electron chi connectivity index (χ2n) is 2.36. The summed E-state index contributed by atoms with van der Waals surface area (Å²) in [5.74, 6) is 0. The zero-order valence-corrected chi connectivity index (χ0v) is 8.24. The van der Waals surface area contributed by atoms with E-state index in [1.54, 1.807) is 6.20 Å². The van der Waals surface area contributed by atoms with E-state index in [1.165, 1.54) is 22.7 Å². The fourth-order valence-electron chi connectivity index (χ4n) is 0.882. The summed E-state index contributed by atoms with van der Waals surface area (Å²) in [5, 5.41) is 7.68. The number of hydrogen-bond donors (Lipinski definition) is 2. The molecule has 0 spiro atoms. The lowest BCUT2D eigenvalue weighted by molar-refractivity contribution is 1.05. The van der Waals surface area contributed by atoms with Gasteiger partial charge in [-0.15, -0.1) is 11.3 Å². The molecule has 0 saturated carbocycles. The number of nitrogens with zero attached hydrogens (tertiary/aromatic N) is 1. The third kappa shape index (κ3) is 2.16. The van der Waals surface area contributed by atoms with Gasteiger partial charge in [0.15, 0.2) is 5.13 Å². The van der Waals surface area contributed by atoms with Gasteiger partial charge in [-0.2, -0.15) is 0 Å². The maximum Gasteiger partial charge on any atom is 0.304 e. The molecule has 0 aliphatic rings. The van der Waals surface area contributed by atoms with Crippen molar-refractivity contribution in [3.05, 3.63) is 32.3 Å². The number of anilines is 1. The fourth-order valence-corrected chi connectivity index (χ4v) is 1.99. The first-order valence-electron chi connectivity index (χ1n) is 3.64. The SMILES string of the molecule is O=c1[nH]c(CNc2nccs2)cs1. The van der Waals surface area contributed by atoms with E-state index in [0.29, 0.717) is 6.54 Å². The van der Waals surface area contributed by atoms with E-state index < -0.39 is 0 Å². The van der Waals surface area contributed by atoms with Crippen LogP contribution in [-0.4, -0.2) is 9.97 Å². The van der Waals surface area contributed by atoms with E-state index in [9.17, 15) is 4.79 Å². The number of thiazole rings is 2. The van der Waals surface area contributed by atoms with E-state index in [2.05, 4.69) is 15.3 Å². The Bertz CT molecular complexity index is 417. The summed E-state index contributed by atoms with van der Waals surface area (Å²) in [6.07, 6.45) is 1.74. The highest BCUT2D eigenvalue weighted by atomic mass is 32.1. The van der Waals surface area contributed by atoms with Crippen molar-refractivity contribution in [3.63, 3.8) is 0 Å². The molecule has 2 rings (SSSR count). The molecule has 4 nitrogen and oxygen atoms in total. The molecular weight excluding hydrogens is 206 g/mol. The predicted octanol–water partition coefficient (Wildman–Crippen LogP) is 1.50. The second-order valence-corrected chi connectivity index (χ2v) is 4.10. The Balaban J connectivity index is 1.97. The molecule has 2 aromatic heterocycles. The molecule has 2 N–H and O–H groups in total. The number of aromatic amines is 1. The second kappa shape index (κ2) is 3.71. The molecule has 0 unspecified atom stereocenters. The van der Waals surface area contributed by atoms with E-state index in [1.807, 2.05) is 10.8 Å². The summed E-state index contributed by atoms with van der Waals surface area (Å²) in [5.41, 5.74) is 0.894. The van der Waals surface area contributed by atoms with Crippen LogP contribution in [0.4, 0.5) is 5.13 Å². The van der Waals surface area contributed by atoms with Gasteiger partial charge in [0.05, 0.1) is 6.54 Å². The number of nitrogens with one attached hydrogen (secondary N) is 2. The van der Waals surface area contributed by atoms with E-state index in [-0.39, 0.29) is 4.87 Å². The van der Waals surface area contributed by atoms with Gasteiger partial charge in [0, 0.05) is 22.7 Å². The Morgan fingerprint density at radius 1 is 1.54 bits per heavy atom. The normalized spacial score (nSPS) is 10.2. The lowest BCUT2D eigenvalue weighted by atomic mass is 10.5. The molecule has 0 radical (unpaired) electrons. The van der Waals surface area contributed by atoms with Crippen molar-refractivity contribution in [1.29, 1.82) is 0 Å². The highest BCUT2D eigenvalue weighted by molar-refractivity contribution is 7.13. The Morgan fingerprint density at radius 2 is 2.46 bits per heavy atom. The number of rotatable bonds is 3. The van der Waals surface area contributed by atoms with Gasteiger partial charge in [-0.3, -0.25) is 4.79 Å². The monoisotopic (exact) mass is 213 g/mol. The van der Waals surface area contributed by atoms with Crippen LogP contribution in [0.3, 0.4) is 0 Å². The fraction of sp³-hybridized carbons (Fsp3) is 0.143. The van der Waals surface area contributed by atoms with Gasteiger partial charge in [0.1, 0.15) is 0 Å². The van der Waals surface area contributed by atoms with Crippen LogP contribution in [0, 0.1) is 0 Å². The van der Waals surface area contributed by atoms with Crippen LogP contribution < -0.4 is 10.2 Å². The third-order valence-electron chi connectivity index (χ3n) is 1.43. The van der Waals surface area contributed by atoms with Gasteiger partial charge in [-0.05, 0) is 0 Å². The first kappa shape index (κ1) is 8.46. The van der Waals surface area contributed by atoms with Crippen LogP contribution in [-0.2, 0) is 6.54 Å². The molecule has 0 aromatic carbocycles. The molecule has 68 valence electrons. The van der Waals surface area contributed by atoms with E-state index in [4.69, 9.17) is 0 Å². The van der Waals surface area contributed by atoms with E-state index in [0.717, 1.165) is 10.8 Å². The summed E-state index contributed by atoms with van der Waals surface area (Å²) in [6, 6.07) is 0. The van der Waals surface area contributed by atoms with Gasteiger partial charge in [-0.1, -0.05) is 11.3 Å². The van der Waals surface area contributed by atoms with Crippen LogP contribution in [0.25, 0.3) is 0 Å². The topological polar surface area (TPSA) is 57.8 Å². The zero-order valence-electron chi connectivity index (χ0n) is 6.61. The molecule has 0 fully saturated rings. The lowest BCUT2D eigenvalue weighted by Crippen LogP contribution is -2.02.